The van der Waals surface area contributed by atoms with Crippen molar-refractivity contribution < 1.29 is 113 Å². The number of ketones is 1. The van der Waals surface area contributed by atoms with Crippen LogP contribution in [0.2, 0.25) is 0 Å². The van der Waals surface area contributed by atoms with Gasteiger partial charge in [0.25, 0.3) is 0 Å². The Hall–Kier alpha value is -3.41. The summed E-state index contributed by atoms with van der Waals surface area (Å²) in [5, 5.41) is 88.3. The molecular weight excluding hydrogens is 983 g/mol. The van der Waals surface area contributed by atoms with Gasteiger partial charge in [0.15, 0.2) is 36.9 Å². The number of methoxy groups -OCH3 is 2. The lowest BCUT2D eigenvalue weighted by atomic mass is 9.79. The van der Waals surface area contributed by atoms with Crippen molar-refractivity contribution in [3.63, 3.8) is 0 Å². The molecule has 0 radical (unpaired) electrons. The molecule has 4 aliphatic heterocycles. The number of carbonyl (C=O) groups is 5. The normalized spacial score (nSPS) is 41.9. The fraction of sp³-hybridized carbons (Fsp3) is 0.820. The number of allylic oxidation sites excluding steroid dienone is 3. The first-order valence-electron chi connectivity index (χ1n) is 25.0. The Morgan fingerprint density at radius 1 is 0.838 bits per heavy atom. The van der Waals surface area contributed by atoms with E-state index >= 15 is 0 Å². The van der Waals surface area contributed by atoms with Gasteiger partial charge in [0.05, 0.1) is 55.2 Å². The third kappa shape index (κ3) is 17.3. The lowest BCUT2D eigenvalue weighted by molar-refractivity contribution is -0.341. The summed E-state index contributed by atoms with van der Waals surface area (Å²) in [4.78, 5) is 61.1. The molecule has 426 valence electrons. The molecule has 9 N–H and O–H groups in total. The molecule has 0 bridgehead atoms. The highest BCUT2D eigenvalue weighted by Crippen LogP contribution is 2.37. The Morgan fingerprint density at radius 2 is 1.43 bits per heavy atom. The van der Waals surface area contributed by atoms with E-state index in [1.54, 1.807) is 59.7 Å². The molecule has 74 heavy (non-hydrogen) atoms. The van der Waals surface area contributed by atoms with Crippen LogP contribution in [0.3, 0.4) is 0 Å². The van der Waals surface area contributed by atoms with Gasteiger partial charge in [-0.05, 0) is 73.5 Å². The molecule has 0 spiro atoms. The molecule has 4 aliphatic rings. The predicted molar refractivity (Wildman–Crippen MR) is 258 cm³/mol. The number of likely N-dealkylation sites (N-methyl/N-ethyl adjacent to an activating group) is 1. The van der Waals surface area contributed by atoms with E-state index in [1.165, 1.54) is 27.2 Å². The van der Waals surface area contributed by atoms with Gasteiger partial charge in [-0.15, -0.1) is 0 Å². The highest BCUT2D eigenvalue weighted by molar-refractivity contribution is 5.91. The second-order valence-electron chi connectivity index (χ2n) is 20.3. The maximum absolute atomic E-state index is 13.8. The molecule has 24 heteroatoms. The molecule has 3 saturated heterocycles. The highest BCUT2D eigenvalue weighted by atomic mass is 16.7. The number of carboxylic acids is 2. The molecule has 0 aliphatic carbocycles. The molecule has 3 fully saturated rings. The van der Waals surface area contributed by atoms with E-state index in [1.807, 2.05) is 19.9 Å². The molecule has 4 rings (SSSR count). The zero-order chi connectivity index (χ0) is 56.1. The monoisotopic (exact) mass is 1070 g/mol. The Balaban J connectivity index is 0.00000130. The number of nitrogens with zero attached hydrogens (tertiary/aromatic N) is 1. The summed E-state index contributed by atoms with van der Waals surface area (Å²) in [7, 11) is 6.43. The van der Waals surface area contributed by atoms with Gasteiger partial charge in [0.1, 0.15) is 49.0 Å². The molecule has 0 saturated carbocycles. The number of cyclic esters (lactones) is 1. The summed E-state index contributed by atoms with van der Waals surface area (Å²) in [6.07, 6.45) is -13.0. The molecule has 0 aromatic carbocycles. The Labute approximate surface area is 432 Å². The van der Waals surface area contributed by atoms with Crippen LogP contribution in [0.5, 0.6) is 0 Å². The third-order valence-electron chi connectivity index (χ3n) is 14.2. The Morgan fingerprint density at radius 3 is 1.96 bits per heavy atom. The van der Waals surface area contributed by atoms with E-state index in [0.29, 0.717) is 12.0 Å². The summed E-state index contributed by atoms with van der Waals surface area (Å²) in [5.41, 5.74) is -0.806. The smallest absolute Gasteiger partial charge is 0.335 e. The summed E-state index contributed by atoms with van der Waals surface area (Å²) >= 11 is 0. The number of aldehydes is 1. The van der Waals surface area contributed by atoms with E-state index in [4.69, 9.17) is 63.1 Å². The van der Waals surface area contributed by atoms with Crippen LogP contribution in [-0.4, -0.2) is 232 Å². The first-order valence-corrected chi connectivity index (χ1v) is 25.0. The average molecular weight is 1070 g/mol. The second kappa shape index (κ2) is 29.4. The molecule has 0 aromatic heterocycles. The van der Waals surface area contributed by atoms with Gasteiger partial charge in [0, 0.05) is 44.8 Å². The fourth-order valence-electron chi connectivity index (χ4n) is 9.78. The van der Waals surface area contributed by atoms with Crippen LogP contribution < -0.4 is 0 Å². The number of hydrogen-bond acceptors (Lipinski definition) is 22. The standard InChI is InChI=1S/C46H77NO17.C4H6O6/c1-13-33-30(22-58-45-42(57-12)41(56-11)37(52)26(5)60-45)18-23(2)14-15-31(49)24(3)19-29(16-17-48)39(25(4)32(50)20-34(51)62-33)64-44-38(53)36(47(9)10)40(27(6)61-44)63-35-21-46(8,55)43(54)28(7)59-35;5-1(3(7)8)2(6)4(9)10/h14-15,17-18,24-30,32-33,35-45,50,52-55H,13,16,19-22H2,1-12H3;1-2,5-6H,(H,7,8)(H,9,10)/b15-14+,23-18+;/t24-,25+,26-,27-,28+,29+,30?,32-,33-,35+,36-,37-,38-,39-,40-,41-,42-,43+,44+,45-,46-;/m1./s1. The zero-order valence-electron chi connectivity index (χ0n) is 44.4. The van der Waals surface area contributed by atoms with E-state index < -0.39 is 164 Å². The lowest BCUT2D eigenvalue weighted by Gasteiger charge is -2.50. The van der Waals surface area contributed by atoms with Crippen LogP contribution in [0.15, 0.2) is 23.8 Å². The van der Waals surface area contributed by atoms with Crippen LogP contribution >= 0.6 is 0 Å². The quantitative estimate of drug-likeness (QED) is 0.0708. The first kappa shape index (κ1) is 64.9. The van der Waals surface area contributed by atoms with Crippen LogP contribution in [0.25, 0.3) is 0 Å². The number of carboxylic acid groups (broad SMARTS) is 2. The van der Waals surface area contributed by atoms with Gasteiger partial charge in [-0.25, -0.2) is 9.59 Å². The number of esters is 1. The average Bonchev–Trinajstić information content (AvgIpc) is 3.33. The number of ether oxygens (including phenoxy) is 9. The molecule has 4 heterocycles. The van der Waals surface area contributed by atoms with Crippen molar-refractivity contribution in [3.05, 3.63) is 23.8 Å². The van der Waals surface area contributed by atoms with Crippen molar-refractivity contribution in [2.75, 3.05) is 34.9 Å². The maximum Gasteiger partial charge on any atom is 0.335 e. The van der Waals surface area contributed by atoms with E-state index in [2.05, 4.69) is 0 Å². The number of aliphatic hydroxyl groups excluding tert-OH is 6. The van der Waals surface area contributed by atoms with Crippen LogP contribution in [-0.2, 0) is 66.6 Å². The van der Waals surface area contributed by atoms with Gasteiger partial charge in [-0.1, -0.05) is 38.5 Å². The third-order valence-corrected chi connectivity index (χ3v) is 14.2. The molecule has 3 unspecified atom stereocenters. The molecule has 24 nitrogen and oxygen atoms in total. The number of hydrogen-bond donors (Lipinski definition) is 9. The summed E-state index contributed by atoms with van der Waals surface area (Å²) in [6, 6.07) is -0.748. The van der Waals surface area contributed by atoms with E-state index in [-0.39, 0.29) is 31.7 Å². The van der Waals surface area contributed by atoms with Crippen molar-refractivity contribution in [2.24, 2.45) is 23.7 Å². The summed E-state index contributed by atoms with van der Waals surface area (Å²) in [5.74, 6) is -7.13. The van der Waals surface area contributed by atoms with Crippen LogP contribution in [0.1, 0.15) is 87.5 Å². The number of rotatable bonds is 16. The van der Waals surface area contributed by atoms with E-state index in [9.17, 15) is 49.5 Å². The minimum Gasteiger partial charge on any atom is -0.479 e. The minimum absolute atomic E-state index is 0.00788. The maximum atomic E-state index is 13.8. The zero-order valence-corrected chi connectivity index (χ0v) is 44.4. The fourth-order valence-corrected chi connectivity index (χ4v) is 9.78. The summed E-state index contributed by atoms with van der Waals surface area (Å²) < 4.78 is 54.7. The highest BCUT2D eigenvalue weighted by Gasteiger charge is 2.52. The van der Waals surface area contributed by atoms with E-state index in [0.717, 1.165) is 6.29 Å². The SMILES string of the molecule is CC[C@H]1OC(=O)C[C@@H](O)[C@H](C)[C@@H](O[C@@H]2O[C@H](C)[C@@H](O[C@H]3C[C@@](C)(O)[C@@H](O)[C@H](C)O3)[C@H](N(C)C)[C@H]2O)[C@@H](CC=O)C[C@@H](C)C(=O)/C=C/C(C)=C/C1CO[C@@H]1O[C@H](C)[C@@H](O)[C@@H](OC)[C@H]1OC.O=C(O)C(O)C(O)C(=O)O. The number of aliphatic hydroxyl groups is 7. The van der Waals surface area contributed by atoms with Gasteiger partial charge in [0.2, 0.25) is 0 Å². The van der Waals surface area contributed by atoms with Crippen molar-refractivity contribution in [3.8, 4) is 0 Å². The molecule has 0 aromatic rings. The lowest BCUT2D eigenvalue weighted by Crippen LogP contribution is -2.65. The number of carbonyl (C=O) groups excluding carboxylic acids is 3. The van der Waals surface area contributed by atoms with Gasteiger partial charge < -0.3 is 98.3 Å². The second-order valence-corrected chi connectivity index (χ2v) is 20.3. The van der Waals surface area contributed by atoms with Crippen molar-refractivity contribution in [1.82, 2.24) is 4.90 Å². The largest absolute Gasteiger partial charge is 0.479 e. The minimum atomic E-state index is -2.27. The van der Waals surface area contributed by atoms with Crippen molar-refractivity contribution in [1.29, 1.82) is 0 Å². The van der Waals surface area contributed by atoms with Crippen molar-refractivity contribution in [2.45, 2.75) is 203 Å². The van der Waals surface area contributed by atoms with Crippen molar-refractivity contribution >= 4 is 30.0 Å². The van der Waals surface area contributed by atoms with Gasteiger partial charge >= 0.3 is 17.9 Å². The Bertz CT molecular complexity index is 1850. The first-order chi connectivity index (χ1) is 34.5. The molecule has 0 amide bonds. The summed E-state index contributed by atoms with van der Waals surface area (Å²) in [6.45, 7) is 13.6. The topological polar surface area (TPSA) is 354 Å². The molecule has 23 atom stereocenters. The molecular formula is C50H83NO23. The number of aliphatic carboxylic acids is 2. The van der Waals surface area contributed by atoms with Gasteiger partial charge in [-0.3, -0.25) is 9.59 Å². The van der Waals surface area contributed by atoms with Gasteiger partial charge in [-0.2, -0.15) is 0 Å². The Kier molecular flexibility index (Phi) is 25.7. The van der Waals surface area contributed by atoms with Crippen LogP contribution in [0, 0.1) is 23.7 Å². The van der Waals surface area contributed by atoms with Crippen LogP contribution in [0.4, 0.5) is 0 Å². The predicted octanol–water partition coefficient (Wildman–Crippen LogP) is -0.289.